The van der Waals surface area contributed by atoms with Crippen LogP contribution in [0.5, 0.6) is 11.5 Å². The Kier molecular flexibility index (Phi) is 7.65. The third-order valence-electron chi connectivity index (χ3n) is 3.93. The van der Waals surface area contributed by atoms with Gasteiger partial charge in [-0.2, -0.15) is 5.26 Å². The van der Waals surface area contributed by atoms with Crippen molar-refractivity contribution in [3.8, 4) is 17.6 Å². The van der Waals surface area contributed by atoms with E-state index in [-0.39, 0.29) is 0 Å². The van der Waals surface area contributed by atoms with E-state index in [2.05, 4.69) is 11.4 Å². The molecule has 27 heavy (non-hydrogen) atoms. The van der Waals surface area contributed by atoms with Gasteiger partial charge in [0.15, 0.2) is 21.3 Å². The summed E-state index contributed by atoms with van der Waals surface area (Å²) < 4.78 is 34.0. The van der Waals surface area contributed by atoms with E-state index in [0.717, 1.165) is 11.1 Å². The quantitative estimate of drug-likeness (QED) is 0.629. The Balaban J connectivity index is 1.92. The first kappa shape index (κ1) is 20.7. The van der Waals surface area contributed by atoms with Crippen molar-refractivity contribution in [2.45, 2.75) is 30.8 Å². The Hall–Kier alpha value is -2.56. The molecule has 2 aromatic carbocycles. The molecule has 0 atom stereocenters. The average molecular weight is 388 g/mol. The highest BCUT2D eigenvalue weighted by molar-refractivity contribution is 7.90. The molecule has 0 fully saturated rings. The Labute approximate surface area is 160 Å². The Morgan fingerprint density at radius 3 is 2.33 bits per heavy atom. The molecular weight excluding hydrogens is 364 g/mol. The minimum absolute atomic E-state index is 0.319. The number of nitrogens with one attached hydrogen (secondary N) is 1. The highest BCUT2D eigenvalue weighted by Crippen LogP contribution is 2.28. The van der Waals surface area contributed by atoms with Crippen LogP contribution in [-0.4, -0.2) is 28.4 Å². The van der Waals surface area contributed by atoms with Gasteiger partial charge >= 0.3 is 0 Å². The third-order valence-corrected chi connectivity index (χ3v) is 5.06. The maximum Gasteiger partial charge on any atom is 0.175 e. The van der Waals surface area contributed by atoms with Crippen molar-refractivity contribution in [2.24, 2.45) is 0 Å². The van der Waals surface area contributed by atoms with Gasteiger partial charge < -0.3 is 14.8 Å². The van der Waals surface area contributed by atoms with Crippen LogP contribution < -0.4 is 14.8 Å². The number of hydrogen-bond donors (Lipinski definition) is 1. The first-order valence-corrected chi connectivity index (χ1v) is 10.5. The predicted molar refractivity (Wildman–Crippen MR) is 103 cm³/mol. The first-order chi connectivity index (χ1) is 12.9. The molecule has 0 saturated heterocycles. The molecule has 0 amide bonds. The van der Waals surface area contributed by atoms with E-state index in [1.54, 1.807) is 31.4 Å². The van der Waals surface area contributed by atoms with Crippen LogP contribution in [0.2, 0.25) is 0 Å². The van der Waals surface area contributed by atoms with E-state index < -0.39 is 9.84 Å². The molecule has 0 spiro atoms. The van der Waals surface area contributed by atoms with E-state index in [0.29, 0.717) is 48.9 Å². The lowest BCUT2D eigenvalue weighted by molar-refractivity contribution is 0.290. The Morgan fingerprint density at radius 1 is 1.04 bits per heavy atom. The van der Waals surface area contributed by atoms with Crippen molar-refractivity contribution in [3.05, 3.63) is 53.6 Å². The van der Waals surface area contributed by atoms with Crippen LogP contribution in [0.4, 0.5) is 0 Å². The summed E-state index contributed by atoms with van der Waals surface area (Å²) in [6.45, 7) is 1.72. The van der Waals surface area contributed by atoms with Crippen LogP contribution >= 0.6 is 0 Å². The van der Waals surface area contributed by atoms with Crippen molar-refractivity contribution in [1.82, 2.24) is 5.32 Å². The van der Waals surface area contributed by atoms with Crippen LogP contribution in [0.15, 0.2) is 47.4 Å². The molecule has 1 N–H and O–H groups in total. The maximum atomic E-state index is 11.5. The van der Waals surface area contributed by atoms with Gasteiger partial charge in [-0.3, -0.25) is 0 Å². The number of methoxy groups -OCH3 is 1. The lowest BCUT2D eigenvalue weighted by atomic mass is 10.2. The summed E-state index contributed by atoms with van der Waals surface area (Å²) in [5.74, 6) is 1.32. The fourth-order valence-corrected chi connectivity index (χ4v) is 3.11. The summed E-state index contributed by atoms with van der Waals surface area (Å²) in [6, 6.07) is 14.7. The number of nitriles is 1. The smallest absolute Gasteiger partial charge is 0.175 e. The monoisotopic (exact) mass is 388 g/mol. The van der Waals surface area contributed by atoms with Crippen LogP contribution in [-0.2, 0) is 22.9 Å². The standard InChI is InChI=1S/C20H24N2O4S/c1-25-19-10-7-17(13-20(19)26-12-4-3-11-21)15-22-14-16-5-8-18(9-6-16)27(2,23)24/h5-10,13,22H,3-4,12,14-15H2,1-2H3. The van der Waals surface area contributed by atoms with E-state index >= 15 is 0 Å². The number of nitrogens with zero attached hydrogens (tertiary/aromatic N) is 1. The van der Waals surface area contributed by atoms with Crippen molar-refractivity contribution >= 4 is 9.84 Å². The molecule has 0 radical (unpaired) electrons. The summed E-state index contributed by atoms with van der Waals surface area (Å²) in [7, 11) is -1.58. The Bertz CT molecular complexity index is 887. The van der Waals surface area contributed by atoms with Crippen molar-refractivity contribution in [2.75, 3.05) is 20.0 Å². The molecule has 7 heteroatoms. The van der Waals surface area contributed by atoms with E-state index in [1.807, 2.05) is 18.2 Å². The van der Waals surface area contributed by atoms with E-state index in [1.165, 1.54) is 6.26 Å². The van der Waals surface area contributed by atoms with Gasteiger partial charge in [0.1, 0.15) is 0 Å². The normalized spacial score (nSPS) is 11.0. The molecule has 6 nitrogen and oxygen atoms in total. The van der Waals surface area contributed by atoms with Gasteiger partial charge in [-0.15, -0.1) is 0 Å². The zero-order valence-electron chi connectivity index (χ0n) is 15.6. The van der Waals surface area contributed by atoms with Crippen molar-refractivity contribution < 1.29 is 17.9 Å². The summed E-state index contributed by atoms with van der Waals surface area (Å²) >= 11 is 0. The summed E-state index contributed by atoms with van der Waals surface area (Å²) in [5, 5.41) is 11.9. The van der Waals surface area contributed by atoms with Gasteiger partial charge in [0.05, 0.1) is 24.7 Å². The van der Waals surface area contributed by atoms with Gasteiger partial charge in [-0.1, -0.05) is 18.2 Å². The molecule has 2 aromatic rings. The number of hydrogen-bond acceptors (Lipinski definition) is 6. The van der Waals surface area contributed by atoms with Gasteiger partial charge in [-0.25, -0.2) is 8.42 Å². The Morgan fingerprint density at radius 2 is 1.70 bits per heavy atom. The molecule has 0 aliphatic heterocycles. The topological polar surface area (TPSA) is 88.4 Å². The zero-order chi connectivity index (χ0) is 19.7. The number of sulfone groups is 1. The first-order valence-electron chi connectivity index (χ1n) is 8.60. The van der Waals surface area contributed by atoms with Crippen LogP contribution in [0.3, 0.4) is 0 Å². The summed E-state index contributed by atoms with van der Waals surface area (Å²) in [5.41, 5.74) is 2.04. The molecule has 0 aromatic heterocycles. The molecule has 2 rings (SSSR count). The van der Waals surface area contributed by atoms with Gasteiger partial charge in [0.25, 0.3) is 0 Å². The fraction of sp³-hybridized carbons (Fsp3) is 0.350. The third kappa shape index (κ3) is 6.59. The lowest BCUT2D eigenvalue weighted by Crippen LogP contribution is -2.13. The SMILES string of the molecule is COc1ccc(CNCc2ccc(S(C)(=O)=O)cc2)cc1OCCCC#N. The molecule has 0 aliphatic carbocycles. The molecule has 0 bridgehead atoms. The zero-order valence-corrected chi connectivity index (χ0v) is 16.4. The largest absolute Gasteiger partial charge is 0.493 e. The molecule has 0 aliphatic rings. The second-order valence-corrected chi connectivity index (χ2v) is 8.13. The maximum absolute atomic E-state index is 11.5. The highest BCUT2D eigenvalue weighted by atomic mass is 32.2. The van der Waals surface area contributed by atoms with Crippen LogP contribution in [0.1, 0.15) is 24.0 Å². The predicted octanol–water partition coefficient (Wildman–Crippen LogP) is 3.07. The molecular formula is C20H24N2O4S. The average Bonchev–Trinajstić information content (AvgIpc) is 2.65. The fourth-order valence-electron chi connectivity index (χ4n) is 2.48. The lowest BCUT2D eigenvalue weighted by Gasteiger charge is -2.12. The molecule has 0 unspecified atom stereocenters. The number of benzene rings is 2. The van der Waals surface area contributed by atoms with Gasteiger partial charge in [0.2, 0.25) is 0 Å². The molecule has 0 heterocycles. The second kappa shape index (κ2) is 9.95. The van der Waals surface area contributed by atoms with Crippen LogP contribution in [0, 0.1) is 11.3 Å². The van der Waals surface area contributed by atoms with Crippen molar-refractivity contribution in [1.29, 1.82) is 5.26 Å². The van der Waals surface area contributed by atoms with Crippen molar-refractivity contribution in [3.63, 3.8) is 0 Å². The highest BCUT2D eigenvalue weighted by Gasteiger charge is 2.07. The molecule has 144 valence electrons. The minimum atomic E-state index is -3.17. The van der Waals surface area contributed by atoms with E-state index in [9.17, 15) is 8.42 Å². The van der Waals surface area contributed by atoms with Gasteiger partial charge in [0, 0.05) is 25.8 Å². The molecule has 0 saturated carbocycles. The van der Waals surface area contributed by atoms with Gasteiger partial charge in [-0.05, 0) is 41.8 Å². The van der Waals surface area contributed by atoms with E-state index in [4.69, 9.17) is 14.7 Å². The number of ether oxygens (including phenoxy) is 2. The summed E-state index contributed by atoms with van der Waals surface area (Å²) in [4.78, 5) is 0.319. The second-order valence-electron chi connectivity index (χ2n) is 6.12. The minimum Gasteiger partial charge on any atom is -0.493 e. The van der Waals surface area contributed by atoms with Crippen LogP contribution in [0.25, 0.3) is 0 Å². The summed E-state index contributed by atoms with van der Waals surface area (Å²) in [6.07, 6.45) is 2.33. The number of unbranched alkanes of at least 4 members (excludes halogenated alkanes) is 1. The number of rotatable bonds is 10.